The number of sulfonamides is 1. The molecular formula is C20H19BrN2O3S. The molecule has 0 aliphatic heterocycles. The first kappa shape index (κ1) is 19.4. The van der Waals surface area contributed by atoms with Gasteiger partial charge in [-0.2, -0.15) is 0 Å². The highest BCUT2D eigenvalue weighted by atomic mass is 79.9. The van der Waals surface area contributed by atoms with Crippen LogP contribution in [0.15, 0.2) is 77.7 Å². The van der Waals surface area contributed by atoms with E-state index in [-0.39, 0.29) is 10.6 Å². The lowest BCUT2D eigenvalue weighted by atomic mass is 10.2. The standard InChI is InChI=1S/C20H19BrN2O3S/c21-13-16-11-18(23-14-15-7-3-1-4-8-15)20(19(12-16)27(22,24)25)26-17-9-5-2-6-10-17/h1-12,23H,13-14H2,(H2,22,24,25). The normalized spacial score (nSPS) is 11.2. The van der Waals surface area contributed by atoms with Gasteiger partial charge in [-0.1, -0.05) is 64.5 Å². The molecule has 3 rings (SSSR count). The topological polar surface area (TPSA) is 81.4 Å². The minimum Gasteiger partial charge on any atom is -0.454 e. The average molecular weight is 447 g/mol. The molecule has 0 heterocycles. The molecular weight excluding hydrogens is 428 g/mol. The van der Waals surface area contributed by atoms with Crippen molar-refractivity contribution in [2.45, 2.75) is 16.8 Å². The number of nitrogens with one attached hydrogen (secondary N) is 1. The van der Waals surface area contributed by atoms with E-state index in [2.05, 4.69) is 21.2 Å². The van der Waals surface area contributed by atoms with Crippen molar-refractivity contribution in [3.63, 3.8) is 0 Å². The summed E-state index contributed by atoms with van der Waals surface area (Å²) in [6.45, 7) is 0.516. The summed E-state index contributed by atoms with van der Waals surface area (Å²) in [6.07, 6.45) is 0. The Kier molecular flexibility index (Phi) is 6.15. The van der Waals surface area contributed by atoms with Gasteiger partial charge in [0.25, 0.3) is 0 Å². The van der Waals surface area contributed by atoms with Crippen LogP contribution in [0.1, 0.15) is 11.1 Å². The molecule has 0 aromatic heterocycles. The predicted octanol–water partition coefficient (Wildman–Crippen LogP) is 4.63. The summed E-state index contributed by atoms with van der Waals surface area (Å²) >= 11 is 3.38. The molecule has 0 fully saturated rings. The molecule has 0 bridgehead atoms. The van der Waals surface area contributed by atoms with E-state index in [9.17, 15) is 8.42 Å². The lowest BCUT2D eigenvalue weighted by molar-refractivity contribution is 0.469. The fourth-order valence-electron chi connectivity index (χ4n) is 2.58. The molecule has 0 spiro atoms. The van der Waals surface area contributed by atoms with E-state index in [1.54, 1.807) is 12.1 Å². The number of ether oxygens (including phenoxy) is 1. The van der Waals surface area contributed by atoms with Gasteiger partial charge in [0.2, 0.25) is 10.0 Å². The number of hydrogen-bond acceptors (Lipinski definition) is 4. The van der Waals surface area contributed by atoms with E-state index < -0.39 is 10.0 Å². The van der Waals surface area contributed by atoms with Crippen LogP contribution in [0.2, 0.25) is 0 Å². The lowest BCUT2D eigenvalue weighted by Crippen LogP contribution is -2.15. The number of alkyl halides is 1. The molecule has 3 aromatic carbocycles. The van der Waals surface area contributed by atoms with Crippen LogP contribution in [0.4, 0.5) is 5.69 Å². The molecule has 0 unspecified atom stereocenters. The molecule has 3 N–H and O–H groups in total. The highest BCUT2D eigenvalue weighted by Crippen LogP contribution is 2.37. The van der Waals surface area contributed by atoms with Crippen LogP contribution in [-0.4, -0.2) is 8.42 Å². The predicted molar refractivity (Wildman–Crippen MR) is 111 cm³/mol. The van der Waals surface area contributed by atoms with Crippen molar-refractivity contribution in [2.75, 3.05) is 5.32 Å². The van der Waals surface area contributed by atoms with Crippen LogP contribution in [0, 0.1) is 0 Å². The van der Waals surface area contributed by atoms with Crippen LogP contribution in [0.3, 0.4) is 0 Å². The summed E-state index contributed by atoms with van der Waals surface area (Å²) in [6, 6.07) is 22.2. The maximum Gasteiger partial charge on any atom is 0.241 e. The fourth-order valence-corrected chi connectivity index (χ4v) is 3.63. The maximum atomic E-state index is 12.2. The number of benzene rings is 3. The second-order valence-corrected chi connectivity index (χ2v) is 7.99. The summed E-state index contributed by atoms with van der Waals surface area (Å²) in [5.41, 5.74) is 2.39. The first-order valence-electron chi connectivity index (χ1n) is 8.24. The first-order chi connectivity index (χ1) is 13.0. The first-order valence-corrected chi connectivity index (χ1v) is 10.9. The summed E-state index contributed by atoms with van der Waals surface area (Å²) in [4.78, 5) is -0.0566. The van der Waals surface area contributed by atoms with E-state index in [1.807, 2.05) is 54.6 Å². The molecule has 0 radical (unpaired) electrons. The van der Waals surface area contributed by atoms with Crippen molar-refractivity contribution in [1.82, 2.24) is 0 Å². The van der Waals surface area contributed by atoms with Crippen molar-refractivity contribution < 1.29 is 13.2 Å². The monoisotopic (exact) mass is 446 g/mol. The van der Waals surface area contributed by atoms with E-state index in [1.165, 1.54) is 6.07 Å². The molecule has 5 nitrogen and oxygen atoms in total. The maximum absolute atomic E-state index is 12.2. The molecule has 3 aromatic rings. The van der Waals surface area contributed by atoms with Crippen molar-refractivity contribution >= 4 is 31.6 Å². The van der Waals surface area contributed by atoms with Gasteiger partial charge < -0.3 is 10.1 Å². The smallest absolute Gasteiger partial charge is 0.241 e. The summed E-state index contributed by atoms with van der Waals surface area (Å²) in [5, 5.41) is 9.22. The van der Waals surface area contributed by atoms with Gasteiger partial charge in [0.1, 0.15) is 10.6 Å². The van der Waals surface area contributed by atoms with Crippen LogP contribution < -0.4 is 15.2 Å². The van der Waals surface area contributed by atoms with Crippen LogP contribution >= 0.6 is 15.9 Å². The zero-order valence-electron chi connectivity index (χ0n) is 14.4. The van der Waals surface area contributed by atoms with Gasteiger partial charge in [0.05, 0.1) is 5.69 Å². The molecule has 0 saturated heterocycles. The van der Waals surface area contributed by atoms with Crippen LogP contribution in [0.25, 0.3) is 0 Å². The number of nitrogens with two attached hydrogens (primary N) is 1. The Bertz CT molecular complexity index is 1010. The van der Waals surface area contributed by atoms with Crippen LogP contribution in [-0.2, 0) is 21.9 Å². The largest absolute Gasteiger partial charge is 0.454 e. The molecule has 0 atom stereocenters. The quantitative estimate of drug-likeness (QED) is 0.518. The van der Waals surface area contributed by atoms with Crippen molar-refractivity contribution in [2.24, 2.45) is 5.14 Å². The van der Waals surface area contributed by atoms with Gasteiger partial charge in [-0.3, -0.25) is 0 Å². The molecule has 140 valence electrons. The number of primary sulfonamides is 1. The van der Waals surface area contributed by atoms with Crippen molar-refractivity contribution in [3.05, 3.63) is 83.9 Å². The lowest BCUT2D eigenvalue weighted by Gasteiger charge is -2.17. The van der Waals surface area contributed by atoms with E-state index in [4.69, 9.17) is 9.88 Å². The molecule has 7 heteroatoms. The molecule has 0 aliphatic rings. The summed E-state index contributed by atoms with van der Waals surface area (Å²) in [5.74, 6) is 0.709. The summed E-state index contributed by atoms with van der Waals surface area (Å²) in [7, 11) is -3.98. The second-order valence-electron chi connectivity index (χ2n) is 5.90. The third kappa shape index (κ3) is 5.09. The van der Waals surface area contributed by atoms with Gasteiger partial charge >= 0.3 is 0 Å². The Morgan fingerprint density at radius 3 is 2.15 bits per heavy atom. The van der Waals surface area contributed by atoms with E-state index >= 15 is 0 Å². The van der Waals surface area contributed by atoms with Crippen molar-refractivity contribution in [1.29, 1.82) is 0 Å². The Labute approximate surface area is 167 Å². The van der Waals surface area contributed by atoms with Gasteiger partial charge in [0, 0.05) is 11.9 Å². The zero-order chi connectivity index (χ0) is 19.3. The van der Waals surface area contributed by atoms with Crippen LogP contribution in [0.5, 0.6) is 11.5 Å². The number of rotatable bonds is 7. The highest BCUT2D eigenvalue weighted by Gasteiger charge is 2.21. The minimum absolute atomic E-state index is 0.0566. The third-order valence-electron chi connectivity index (χ3n) is 3.86. The Balaban J connectivity index is 2.05. The third-order valence-corrected chi connectivity index (χ3v) is 5.43. The Morgan fingerprint density at radius 1 is 0.926 bits per heavy atom. The number of halogens is 1. The zero-order valence-corrected chi connectivity index (χ0v) is 16.8. The second kappa shape index (κ2) is 8.56. The van der Waals surface area contributed by atoms with Gasteiger partial charge in [-0.25, -0.2) is 13.6 Å². The SMILES string of the molecule is NS(=O)(=O)c1cc(CBr)cc(NCc2ccccc2)c1Oc1ccccc1. The molecule has 0 saturated carbocycles. The average Bonchev–Trinajstić information content (AvgIpc) is 2.67. The van der Waals surface area contributed by atoms with Gasteiger partial charge in [0.15, 0.2) is 5.75 Å². The number of anilines is 1. The highest BCUT2D eigenvalue weighted by molar-refractivity contribution is 9.08. The molecule has 0 amide bonds. The number of hydrogen-bond donors (Lipinski definition) is 2. The van der Waals surface area contributed by atoms with E-state index in [0.29, 0.717) is 23.3 Å². The van der Waals surface area contributed by atoms with E-state index in [0.717, 1.165) is 11.1 Å². The number of para-hydroxylation sites is 1. The Morgan fingerprint density at radius 2 is 1.56 bits per heavy atom. The Hall–Kier alpha value is -2.35. The fraction of sp³-hybridized carbons (Fsp3) is 0.100. The van der Waals surface area contributed by atoms with Gasteiger partial charge in [-0.05, 0) is 35.4 Å². The summed E-state index contributed by atoms with van der Waals surface area (Å²) < 4.78 is 30.3. The van der Waals surface area contributed by atoms with Gasteiger partial charge in [-0.15, -0.1) is 0 Å². The minimum atomic E-state index is -3.98. The van der Waals surface area contributed by atoms with Crippen molar-refractivity contribution in [3.8, 4) is 11.5 Å². The molecule has 27 heavy (non-hydrogen) atoms. The molecule has 0 aliphatic carbocycles.